The number of carbonyl (C=O) groups excluding carboxylic acids is 1. The highest BCUT2D eigenvalue weighted by molar-refractivity contribution is 5.69. The Labute approximate surface area is 78.8 Å². The summed E-state index contributed by atoms with van der Waals surface area (Å²) in [7, 11) is 0. The molecule has 0 rings (SSSR count). The van der Waals surface area contributed by atoms with E-state index in [0.29, 0.717) is 19.4 Å². The van der Waals surface area contributed by atoms with Crippen LogP contribution in [0.2, 0.25) is 0 Å². The number of hydrogen-bond acceptors (Lipinski definition) is 2. The van der Waals surface area contributed by atoms with Gasteiger partial charge in [0.2, 0.25) is 0 Å². The Morgan fingerprint density at radius 1 is 1.58 bits per heavy atom. The Hall–Kier alpha value is -0.790. The third-order valence-electron chi connectivity index (χ3n) is 1.29. The SMILES string of the molecule is [2H]C([2H])([2H])C/C=C\CCOC(=O)CCC. The summed E-state index contributed by atoms with van der Waals surface area (Å²) in [6.07, 6.45) is 5.19. The molecule has 0 spiro atoms. The van der Waals surface area contributed by atoms with Crippen LogP contribution < -0.4 is 0 Å². The zero-order chi connectivity index (χ0) is 11.7. The summed E-state index contributed by atoms with van der Waals surface area (Å²) in [6, 6.07) is 0. The van der Waals surface area contributed by atoms with Gasteiger partial charge in [-0.05, 0) is 19.3 Å². The first kappa shape index (κ1) is 6.70. The summed E-state index contributed by atoms with van der Waals surface area (Å²) in [5.74, 6) is -0.193. The summed E-state index contributed by atoms with van der Waals surface area (Å²) < 4.78 is 25.7. The van der Waals surface area contributed by atoms with Crippen LogP contribution in [0.3, 0.4) is 0 Å². The van der Waals surface area contributed by atoms with Gasteiger partial charge >= 0.3 is 5.97 Å². The predicted molar refractivity (Wildman–Crippen MR) is 49.9 cm³/mol. The quantitative estimate of drug-likeness (QED) is 0.350. The molecule has 0 atom stereocenters. The third kappa shape index (κ3) is 7.32. The second kappa shape index (κ2) is 8.31. The zero-order valence-corrected chi connectivity index (χ0v) is 7.51. The van der Waals surface area contributed by atoms with E-state index < -0.39 is 6.85 Å². The molecule has 0 unspecified atom stereocenters. The molecule has 0 bridgehead atoms. The van der Waals surface area contributed by atoms with Crippen LogP contribution in [0.5, 0.6) is 0 Å². The van der Waals surface area contributed by atoms with Gasteiger partial charge in [0, 0.05) is 10.5 Å². The molecule has 70 valence electrons. The molecule has 0 N–H and O–H groups in total. The van der Waals surface area contributed by atoms with E-state index in [4.69, 9.17) is 8.85 Å². The molecule has 0 aliphatic rings. The smallest absolute Gasteiger partial charge is 0.305 e. The molecule has 0 aromatic rings. The van der Waals surface area contributed by atoms with Crippen molar-refractivity contribution in [3.8, 4) is 0 Å². The Morgan fingerprint density at radius 2 is 2.42 bits per heavy atom. The van der Waals surface area contributed by atoms with Crippen LogP contribution in [-0.2, 0) is 9.53 Å². The van der Waals surface area contributed by atoms with Crippen molar-refractivity contribution in [3.63, 3.8) is 0 Å². The summed E-state index contributed by atoms with van der Waals surface area (Å²) in [5.41, 5.74) is 0. The maximum absolute atomic E-state index is 10.9. The van der Waals surface area contributed by atoms with Crippen molar-refractivity contribution in [2.24, 2.45) is 0 Å². The van der Waals surface area contributed by atoms with Gasteiger partial charge in [0.15, 0.2) is 0 Å². The maximum atomic E-state index is 10.9. The van der Waals surface area contributed by atoms with Crippen LogP contribution in [0.25, 0.3) is 0 Å². The Kier molecular flexibility index (Phi) is 4.64. The minimum Gasteiger partial charge on any atom is -0.465 e. The van der Waals surface area contributed by atoms with Crippen LogP contribution in [-0.4, -0.2) is 12.6 Å². The highest BCUT2D eigenvalue weighted by atomic mass is 16.5. The summed E-state index contributed by atoms with van der Waals surface area (Å²) in [5, 5.41) is 0. The number of ether oxygens (including phenoxy) is 1. The van der Waals surface area contributed by atoms with Crippen LogP contribution >= 0.6 is 0 Å². The van der Waals surface area contributed by atoms with E-state index >= 15 is 0 Å². The summed E-state index contributed by atoms with van der Waals surface area (Å²) in [6.45, 7) is 0.337. The van der Waals surface area contributed by atoms with E-state index in [1.807, 2.05) is 6.92 Å². The fourth-order valence-corrected chi connectivity index (χ4v) is 0.718. The van der Waals surface area contributed by atoms with Crippen molar-refractivity contribution in [2.45, 2.75) is 39.5 Å². The largest absolute Gasteiger partial charge is 0.465 e. The molecule has 2 heteroatoms. The molecule has 0 aliphatic carbocycles. The van der Waals surface area contributed by atoms with Crippen LogP contribution in [0.15, 0.2) is 12.2 Å². The molecule has 0 aromatic carbocycles. The van der Waals surface area contributed by atoms with Crippen molar-refractivity contribution in [1.29, 1.82) is 0 Å². The Morgan fingerprint density at radius 3 is 3.08 bits per heavy atom. The van der Waals surface area contributed by atoms with Gasteiger partial charge in [-0.25, -0.2) is 0 Å². The lowest BCUT2D eigenvalue weighted by molar-refractivity contribution is -0.143. The lowest BCUT2D eigenvalue weighted by Crippen LogP contribution is -2.04. The molecule has 0 fully saturated rings. The Bertz CT molecular complexity index is 209. The standard InChI is InChI=1S/C10H18O2/c1-3-5-6-7-9-12-10(11)8-4-2/h5-6H,3-4,7-9H2,1-2H3/b6-5-/i1D3. The van der Waals surface area contributed by atoms with Gasteiger partial charge in [-0.2, -0.15) is 0 Å². The average Bonchev–Trinajstić information content (AvgIpc) is 2.09. The fraction of sp³-hybridized carbons (Fsp3) is 0.700. The second-order valence-electron chi connectivity index (χ2n) is 2.43. The maximum Gasteiger partial charge on any atom is 0.305 e. The van der Waals surface area contributed by atoms with Gasteiger partial charge in [-0.1, -0.05) is 25.9 Å². The van der Waals surface area contributed by atoms with Crippen LogP contribution in [0.4, 0.5) is 0 Å². The third-order valence-corrected chi connectivity index (χ3v) is 1.29. The van der Waals surface area contributed by atoms with Crippen molar-refractivity contribution in [1.82, 2.24) is 0 Å². The molecule has 0 radical (unpaired) electrons. The van der Waals surface area contributed by atoms with Crippen molar-refractivity contribution in [2.75, 3.05) is 6.61 Å². The summed E-state index contributed by atoms with van der Waals surface area (Å²) in [4.78, 5) is 10.9. The number of allylic oxidation sites excluding steroid dienone is 1. The van der Waals surface area contributed by atoms with E-state index in [1.165, 1.54) is 0 Å². The fourth-order valence-electron chi connectivity index (χ4n) is 0.718. The van der Waals surface area contributed by atoms with Crippen molar-refractivity contribution >= 4 is 5.97 Å². The molecule has 2 nitrogen and oxygen atoms in total. The second-order valence-corrected chi connectivity index (χ2v) is 2.43. The molecule has 0 aliphatic heterocycles. The molecule has 0 amide bonds. The first-order chi connectivity index (χ1) is 6.95. The van der Waals surface area contributed by atoms with Crippen LogP contribution in [0.1, 0.15) is 43.6 Å². The lowest BCUT2D eigenvalue weighted by Gasteiger charge is -2.00. The summed E-state index contributed by atoms with van der Waals surface area (Å²) >= 11 is 0. The molecule has 0 saturated carbocycles. The Balaban J connectivity index is 3.42. The van der Waals surface area contributed by atoms with Gasteiger partial charge in [-0.3, -0.25) is 4.79 Å². The zero-order valence-electron chi connectivity index (χ0n) is 10.5. The van der Waals surface area contributed by atoms with E-state index in [0.717, 1.165) is 6.42 Å². The molecular formula is C10H18O2. The van der Waals surface area contributed by atoms with Gasteiger partial charge in [0.25, 0.3) is 0 Å². The molecule has 12 heavy (non-hydrogen) atoms. The van der Waals surface area contributed by atoms with E-state index in [2.05, 4.69) is 0 Å². The molecular weight excluding hydrogens is 152 g/mol. The lowest BCUT2D eigenvalue weighted by atomic mass is 10.3. The number of carbonyl (C=O) groups is 1. The van der Waals surface area contributed by atoms with Gasteiger partial charge in [0.05, 0.1) is 6.61 Å². The number of rotatable bonds is 6. The van der Waals surface area contributed by atoms with Crippen LogP contribution in [0, 0.1) is 0 Å². The number of hydrogen-bond donors (Lipinski definition) is 0. The normalized spacial score (nSPS) is 15.2. The monoisotopic (exact) mass is 173 g/mol. The highest BCUT2D eigenvalue weighted by Crippen LogP contribution is 1.93. The van der Waals surface area contributed by atoms with Gasteiger partial charge in [0.1, 0.15) is 0 Å². The van der Waals surface area contributed by atoms with E-state index in [-0.39, 0.29) is 12.4 Å². The number of esters is 1. The average molecular weight is 173 g/mol. The molecule has 0 heterocycles. The minimum absolute atomic E-state index is 0.0654. The van der Waals surface area contributed by atoms with Crippen molar-refractivity contribution < 1.29 is 13.6 Å². The van der Waals surface area contributed by atoms with E-state index in [1.54, 1.807) is 12.2 Å². The minimum atomic E-state index is -1.91. The first-order valence-corrected chi connectivity index (χ1v) is 4.26. The first-order valence-electron chi connectivity index (χ1n) is 5.76. The van der Waals surface area contributed by atoms with Gasteiger partial charge in [-0.15, -0.1) is 0 Å². The topological polar surface area (TPSA) is 26.3 Å². The van der Waals surface area contributed by atoms with Crippen molar-refractivity contribution in [3.05, 3.63) is 12.2 Å². The highest BCUT2D eigenvalue weighted by Gasteiger charge is 1.97. The molecule has 0 aromatic heterocycles. The van der Waals surface area contributed by atoms with E-state index in [9.17, 15) is 4.79 Å². The van der Waals surface area contributed by atoms with Gasteiger partial charge < -0.3 is 4.74 Å². The predicted octanol–water partition coefficient (Wildman–Crippen LogP) is 2.69. The molecule has 0 saturated heterocycles.